The van der Waals surface area contributed by atoms with Gasteiger partial charge in [-0.15, -0.1) is 0 Å². The van der Waals surface area contributed by atoms with E-state index in [2.05, 4.69) is 0 Å². The Hall–Kier alpha value is -3.89. The minimum atomic E-state index is -1.15. The number of hydrogen-bond donors (Lipinski definition) is 1. The summed E-state index contributed by atoms with van der Waals surface area (Å²) in [6, 6.07) is 13.3. The van der Waals surface area contributed by atoms with E-state index in [0.29, 0.717) is 22.6 Å². The van der Waals surface area contributed by atoms with E-state index in [0.717, 1.165) is 16.7 Å². The molecule has 3 aromatic rings. The number of thioether (sulfide) groups is 1. The maximum atomic E-state index is 12.7. The van der Waals surface area contributed by atoms with Crippen molar-refractivity contribution in [2.45, 2.75) is 6.54 Å². The number of imide groups is 1. The van der Waals surface area contributed by atoms with Crippen LogP contribution in [-0.4, -0.2) is 32.0 Å². The number of benzene rings is 2. The first-order valence-corrected chi connectivity index (χ1v) is 10.5. The molecule has 9 nitrogen and oxygen atoms in total. The molecule has 4 rings (SSSR count). The average Bonchev–Trinajstić information content (AvgIpc) is 3.34. The van der Waals surface area contributed by atoms with Crippen molar-refractivity contribution in [3.8, 4) is 11.3 Å². The molecule has 1 aliphatic rings. The number of carbonyl (C=O) groups is 3. The van der Waals surface area contributed by atoms with Crippen molar-refractivity contribution in [3.63, 3.8) is 0 Å². The molecule has 0 bridgehead atoms. The van der Waals surface area contributed by atoms with Crippen LogP contribution in [0.15, 0.2) is 63.9 Å². The Morgan fingerprint density at radius 2 is 1.97 bits per heavy atom. The third-order valence-electron chi connectivity index (χ3n) is 4.72. The topological polar surface area (TPSA) is 131 Å². The summed E-state index contributed by atoms with van der Waals surface area (Å²) in [6.45, 7) is -0.0957. The Morgan fingerprint density at radius 1 is 1.18 bits per heavy atom. The van der Waals surface area contributed by atoms with Crippen LogP contribution in [0.25, 0.3) is 17.4 Å². The van der Waals surface area contributed by atoms with Crippen LogP contribution in [0.1, 0.15) is 21.7 Å². The highest BCUT2D eigenvalue weighted by molar-refractivity contribution is 8.18. The third-order valence-corrected chi connectivity index (χ3v) is 5.94. The summed E-state index contributed by atoms with van der Waals surface area (Å²) in [5.41, 5.74) is 0.831. The first kappa shape index (κ1) is 22.3. The summed E-state index contributed by atoms with van der Waals surface area (Å²) in [5, 5.41) is 19.6. The summed E-state index contributed by atoms with van der Waals surface area (Å²) in [6.07, 6.45) is 1.43. The summed E-state index contributed by atoms with van der Waals surface area (Å²) < 4.78 is 5.71. The van der Waals surface area contributed by atoms with Crippen LogP contribution in [-0.2, 0) is 11.3 Å². The fourth-order valence-corrected chi connectivity index (χ4v) is 4.22. The lowest BCUT2D eigenvalue weighted by molar-refractivity contribution is -0.384. The van der Waals surface area contributed by atoms with Crippen LogP contribution in [0.2, 0.25) is 5.02 Å². The Labute approximate surface area is 195 Å². The number of nitrogens with zero attached hydrogens (tertiary/aromatic N) is 2. The molecule has 1 aliphatic heterocycles. The van der Waals surface area contributed by atoms with Gasteiger partial charge < -0.3 is 9.52 Å². The SMILES string of the molecule is O=C(O)c1ccc(-c2ccc(/C=C3/SC(=O)N(Cc4cccc([N+](=O)[O-])c4)C3=O)o2)cc1Cl. The fraction of sp³-hybridized carbons (Fsp3) is 0.0455. The lowest BCUT2D eigenvalue weighted by Crippen LogP contribution is -2.27. The molecule has 2 aromatic carbocycles. The number of carboxylic acid groups (broad SMARTS) is 1. The van der Waals surface area contributed by atoms with Crippen LogP contribution in [0, 0.1) is 10.1 Å². The van der Waals surface area contributed by atoms with E-state index in [9.17, 15) is 24.5 Å². The Kier molecular flexibility index (Phi) is 6.03. The summed E-state index contributed by atoms with van der Waals surface area (Å²) >= 11 is 6.74. The van der Waals surface area contributed by atoms with Gasteiger partial charge in [-0.1, -0.05) is 29.8 Å². The van der Waals surface area contributed by atoms with Gasteiger partial charge >= 0.3 is 5.97 Å². The molecule has 0 unspecified atom stereocenters. The minimum Gasteiger partial charge on any atom is -0.478 e. The molecule has 0 spiro atoms. The fourth-order valence-electron chi connectivity index (χ4n) is 3.14. The largest absolute Gasteiger partial charge is 0.478 e. The van der Waals surface area contributed by atoms with Gasteiger partial charge in [-0.25, -0.2) is 4.79 Å². The first-order valence-electron chi connectivity index (χ1n) is 9.34. The van der Waals surface area contributed by atoms with Crippen LogP contribution in [0.5, 0.6) is 0 Å². The van der Waals surface area contributed by atoms with Gasteiger partial charge in [0.25, 0.3) is 16.8 Å². The molecule has 1 N–H and O–H groups in total. The van der Waals surface area contributed by atoms with E-state index in [-0.39, 0.29) is 27.7 Å². The predicted octanol–water partition coefficient (Wildman–Crippen LogP) is 5.44. The van der Waals surface area contributed by atoms with Crippen molar-refractivity contribution in [3.05, 3.63) is 91.5 Å². The van der Waals surface area contributed by atoms with E-state index in [1.165, 1.54) is 36.4 Å². The number of halogens is 1. The number of amides is 2. The monoisotopic (exact) mass is 484 g/mol. The van der Waals surface area contributed by atoms with Crippen LogP contribution < -0.4 is 0 Å². The molecule has 11 heteroatoms. The number of carbonyl (C=O) groups excluding carboxylic acids is 2. The molecular formula is C22H13ClN2O7S. The molecule has 0 radical (unpaired) electrons. The second-order valence-corrected chi connectivity index (χ2v) is 8.30. The Morgan fingerprint density at radius 3 is 2.67 bits per heavy atom. The molecule has 166 valence electrons. The Bertz CT molecular complexity index is 1350. The smallest absolute Gasteiger partial charge is 0.337 e. The zero-order chi connectivity index (χ0) is 23.7. The molecule has 1 saturated heterocycles. The Balaban J connectivity index is 1.53. The average molecular weight is 485 g/mol. The number of aromatic carboxylic acids is 1. The van der Waals surface area contributed by atoms with Crippen molar-refractivity contribution in [1.82, 2.24) is 4.90 Å². The van der Waals surface area contributed by atoms with Crippen molar-refractivity contribution in [2.75, 3.05) is 0 Å². The lowest BCUT2D eigenvalue weighted by Gasteiger charge is -2.12. The molecule has 0 atom stereocenters. The highest BCUT2D eigenvalue weighted by Crippen LogP contribution is 2.35. The summed E-state index contributed by atoms with van der Waals surface area (Å²) in [4.78, 5) is 47.7. The predicted molar refractivity (Wildman–Crippen MR) is 121 cm³/mol. The van der Waals surface area contributed by atoms with E-state index in [1.807, 2.05) is 0 Å². The van der Waals surface area contributed by atoms with Crippen molar-refractivity contribution in [2.24, 2.45) is 0 Å². The molecule has 2 heterocycles. The van der Waals surface area contributed by atoms with Crippen LogP contribution in [0.4, 0.5) is 10.5 Å². The van der Waals surface area contributed by atoms with Crippen molar-refractivity contribution in [1.29, 1.82) is 0 Å². The highest BCUT2D eigenvalue weighted by Gasteiger charge is 2.35. The van der Waals surface area contributed by atoms with E-state index >= 15 is 0 Å². The van der Waals surface area contributed by atoms with Gasteiger partial charge in [0.05, 0.1) is 27.0 Å². The molecule has 0 aliphatic carbocycles. The summed E-state index contributed by atoms with van der Waals surface area (Å²) in [5.74, 6) is -0.976. The molecule has 1 fully saturated rings. The summed E-state index contributed by atoms with van der Waals surface area (Å²) in [7, 11) is 0. The normalized spacial score (nSPS) is 14.8. The molecule has 2 amide bonds. The standard InChI is InChI=1S/C22H13ClN2O7S/c23-17-9-13(4-6-16(17)21(27)28)18-7-5-15(32-18)10-19-20(26)24(22(29)33-19)11-12-2-1-3-14(8-12)25(30)31/h1-10H,11H2,(H,27,28)/b19-10+. The third kappa shape index (κ3) is 4.66. The van der Waals surface area contributed by atoms with Crippen LogP contribution in [0.3, 0.4) is 0 Å². The molecular weight excluding hydrogens is 472 g/mol. The molecule has 1 aromatic heterocycles. The number of nitro groups is 1. The highest BCUT2D eigenvalue weighted by atomic mass is 35.5. The van der Waals surface area contributed by atoms with Crippen LogP contribution >= 0.6 is 23.4 Å². The second kappa shape index (κ2) is 8.93. The van der Waals surface area contributed by atoms with Gasteiger partial charge in [-0.2, -0.15) is 0 Å². The molecule has 33 heavy (non-hydrogen) atoms. The van der Waals surface area contributed by atoms with Gasteiger partial charge in [0.1, 0.15) is 11.5 Å². The number of carboxylic acids is 1. The first-order chi connectivity index (χ1) is 15.7. The van der Waals surface area contributed by atoms with E-state index in [1.54, 1.807) is 24.3 Å². The molecule has 0 saturated carbocycles. The number of non-ortho nitro benzene ring substituents is 1. The van der Waals surface area contributed by atoms with Gasteiger partial charge in [0, 0.05) is 23.8 Å². The number of hydrogen-bond acceptors (Lipinski definition) is 7. The van der Waals surface area contributed by atoms with Gasteiger partial charge in [-0.3, -0.25) is 24.6 Å². The maximum absolute atomic E-state index is 12.7. The van der Waals surface area contributed by atoms with Crippen molar-refractivity contribution >= 4 is 52.2 Å². The quantitative estimate of drug-likeness (QED) is 0.278. The minimum absolute atomic E-state index is 0.0374. The van der Waals surface area contributed by atoms with Crippen molar-refractivity contribution < 1.29 is 28.8 Å². The lowest BCUT2D eigenvalue weighted by atomic mass is 10.1. The van der Waals surface area contributed by atoms with Gasteiger partial charge in [0.15, 0.2) is 0 Å². The van der Waals surface area contributed by atoms with E-state index < -0.39 is 22.0 Å². The van der Waals surface area contributed by atoms with E-state index in [4.69, 9.17) is 21.1 Å². The zero-order valence-corrected chi connectivity index (χ0v) is 18.1. The van der Waals surface area contributed by atoms with Gasteiger partial charge in [0.2, 0.25) is 0 Å². The zero-order valence-electron chi connectivity index (χ0n) is 16.6. The maximum Gasteiger partial charge on any atom is 0.337 e. The number of furan rings is 1. The van der Waals surface area contributed by atoms with Gasteiger partial charge in [-0.05, 0) is 41.6 Å². The number of nitro benzene ring substituents is 1. The number of rotatable bonds is 6. The second-order valence-electron chi connectivity index (χ2n) is 6.90.